The molecule has 1 saturated heterocycles. The van der Waals surface area contributed by atoms with Crippen LogP contribution in [0.4, 0.5) is 0 Å². The van der Waals surface area contributed by atoms with Gasteiger partial charge in [0, 0.05) is 55.1 Å². The van der Waals surface area contributed by atoms with E-state index >= 15 is 0 Å². The summed E-state index contributed by atoms with van der Waals surface area (Å²) in [6.45, 7) is 19.4. The number of carbonyl (C=O) groups is 5. The van der Waals surface area contributed by atoms with Crippen LogP contribution in [-0.4, -0.2) is 127 Å². The van der Waals surface area contributed by atoms with E-state index in [9.17, 15) is 19.2 Å². The standard InChI is InChI=1S/C18H25NO3.C13H26N2O3.C5H12O.C3H8.C2H6O.CH3NO/c1-14(16(12-20)11-15-7-4-3-5-8-15)18(22-2)17-9-6-10-19(17)13-21;1-6-10(3)13(11(7-2)18-5)15(4)12(17)8-14-9-16;1-5(2,3)6-4;2*1-3-2;2-1-3/h3-5,7-8,12-14,16-18H,6,9-11H2,1-2H3;9-11,13H,6-8H2,1-5H3,(H,14,16);1-4H3;3H2,1-2H3;1-2H3;1H,(H2,2,3). The number of nitrogens with zero attached hydrogens (tertiary/aromatic N) is 2. The molecule has 13 nitrogen and oxygen atoms in total. The quantitative estimate of drug-likeness (QED) is 0.192. The maximum absolute atomic E-state index is 11.9. The lowest BCUT2D eigenvalue weighted by molar-refractivity contribution is -0.136. The van der Waals surface area contributed by atoms with Crippen LogP contribution in [0, 0.1) is 17.8 Å². The van der Waals surface area contributed by atoms with Crippen LogP contribution in [0.5, 0.6) is 0 Å². The van der Waals surface area contributed by atoms with Gasteiger partial charge in [-0.1, -0.05) is 84.7 Å². The zero-order chi connectivity index (χ0) is 43.4. The third kappa shape index (κ3) is 27.8. The van der Waals surface area contributed by atoms with Gasteiger partial charge in [-0.05, 0) is 63.9 Å². The van der Waals surface area contributed by atoms with Gasteiger partial charge in [0.05, 0.1) is 36.4 Å². The molecule has 0 bridgehead atoms. The van der Waals surface area contributed by atoms with Gasteiger partial charge in [0.25, 0.3) is 0 Å². The summed E-state index contributed by atoms with van der Waals surface area (Å²) in [7, 11) is 10.1. The van der Waals surface area contributed by atoms with E-state index in [-0.39, 0.29) is 60.6 Å². The summed E-state index contributed by atoms with van der Waals surface area (Å²) in [6, 6.07) is 10.1. The lowest BCUT2D eigenvalue weighted by atomic mass is 9.82. The van der Waals surface area contributed by atoms with Crippen molar-refractivity contribution in [3.63, 3.8) is 0 Å². The number of likely N-dealkylation sites (N-methyl/N-ethyl adjacent to an activating group) is 1. The summed E-state index contributed by atoms with van der Waals surface area (Å²) in [5, 5.41) is 2.40. The molecule has 7 unspecified atom stereocenters. The van der Waals surface area contributed by atoms with E-state index in [2.05, 4.69) is 50.4 Å². The molecule has 0 saturated carbocycles. The minimum atomic E-state index is -0.110. The number of ether oxygens (including phenoxy) is 4. The number of methoxy groups -OCH3 is 4. The topological polar surface area (TPSA) is 167 Å². The van der Waals surface area contributed by atoms with Crippen molar-refractivity contribution in [3.8, 4) is 0 Å². The molecule has 1 heterocycles. The Bertz CT molecular complexity index is 1050. The van der Waals surface area contributed by atoms with Crippen LogP contribution >= 0.6 is 0 Å². The van der Waals surface area contributed by atoms with Crippen LogP contribution in [0.2, 0.25) is 0 Å². The van der Waals surface area contributed by atoms with Gasteiger partial charge in [-0.2, -0.15) is 0 Å². The van der Waals surface area contributed by atoms with E-state index in [0.29, 0.717) is 18.7 Å². The molecule has 7 atom stereocenters. The van der Waals surface area contributed by atoms with Crippen molar-refractivity contribution in [3.05, 3.63) is 35.9 Å². The monoisotopic (exact) mass is 785 g/mol. The molecule has 3 N–H and O–H groups in total. The molecule has 2 rings (SSSR count). The number of hydrogen-bond acceptors (Lipinski definition) is 9. The van der Waals surface area contributed by atoms with E-state index in [1.807, 2.05) is 62.9 Å². The summed E-state index contributed by atoms with van der Waals surface area (Å²) in [4.78, 5) is 57.1. The number of likely N-dealkylation sites (tertiary alicyclic amines) is 1. The molecule has 1 aromatic carbocycles. The summed E-state index contributed by atoms with van der Waals surface area (Å²) in [5.74, 6) is 0.206. The maximum Gasteiger partial charge on any atom is 0.242 e. The highest BCUT2D eigenvalue weighted by Crippen LogP contribution is 2.29. The SMILES string of the molecule is CCC.CCC(C)C(C(CC)OC)N(C)C(=O)CNC=O.COC.COC(C(C)C(C=O)Cc1ccccc1)C1CCCN1C=O.COC(C)(C)C.NC=O. The Hall–Kier alpha value is -3.39. The molecule has 0 aromatic heterocycles. The zero-order valence-electron chi connectivity index (χ0n) is 37.0. The fourth-order valence-corrected chi connectivity index (χ4v) is 5.72. The molecule has 13 heteroatoms. The summed E-state index contributed by atoms with van der Waals surface area (Å²) in [5.41, 5.74) is 5.36. The second kappa shape index (κ2) is 37.5. The molecule has 1 aliphatic heterocycles. The van der Waals surface area contributed by atoms with Crippen molar-refractivity contribution < 1.29 is 42.9 Å². The zero-order valence-corrected chi connectivity index (χ0v) is 37.0. The predicted molar refractivity (Wildman–Crippen MR) is 223 cm³/mol. The number of nitrogens with two attached hydrogens (primary N) is 1. The molecule has 55 heavy (non-hydrogen) atoms. The fourth-order valence-electron chi connectivity index (χ4n) is 5.72. The fraction of sp³-hybridized carbons (Fsp3) is 0.738. The molecule has 1 aromatic rings. The van der Waals surface area contributed by atoms with Crippen LogP contribution < -0.4 is 11.1 Å². The highest BCUT2D eigenvalue weighted by Gasteiger charge is 2.37. The number of hydrogen-bond donors (Lipinski definition) is 2. The van der Waals surface area contributed by atoms with Gasteiger partial charge in [-0.15, -0.1) is 0 Å². The minimum absolute atomic E-state index is 0.0186. The lowest BCUT2D eigenvalue weighted by Gasteiger charge is -2.37. The Kier molecular flexibility index (Phi) is 39.8. The summed E-state index contributed by atoms with van der Waals surface area (Å²) in [6.07, 6.45) is 8.37. The molecular formula is C42H80N4O9. The average molecular weight is 785 g/mol. The van der Waals surface area contributed by atoms with E-state index in [1.165, 1.54) is 6.42 Å². The molecule has 0 aliphatic carbocycles. The van der Waals surface area contributed by atoms with Gasteiger partial charge >= 0.3 is 0 Å². The van der Waals surface area contributed by atoms with Crippen molar-refractivity contribution in [1.82, 2.24) is 15.1 Å². The number of amides is 4. The number of carbonyl (C=O) groups excluding carboxylic acids is 5. The maximum atomic E-state index is 11.9. The Morgan fingerprint density at radius 2 is 1.47 bits per heavy atom. The molecule has 0 radical (unpaired) electrons. The Morgan fingerprint density at radius 3 is 1.84 bits per heavy atom. The van der Waals surface area contributed by atoms with Crippen molar-refractivity contribution in [2.45, 2.75) is 131 Å². The van der Waals surface area contributed by atoms with Crippen molar-refractivity contribution in [1.29, 1.82) is 0 Å². The van der Waals surface area contributed by atoms with Crippen LogP contribution in [-0.2, 0) is 49.3 Å². The second-order valence-electron chi connectivity index (χ2n) is 14.2. The first-order valence-electron chi connectivity index (χ1n) is 19.3. The third-order valence-electron chi connectivity index (χ3n) is 8.91. The Morgan fingerprint density at radius 1 is 0.964 bits per heavy atom. The molecule has 0 spiro atoms. The van der Waals surface area contributed by atoms with Crippen LogP contribution in [0.1, 0.15) is 100.0 Å². The molecule has 1 aliphatic rings. The van der Waals surface area contributed by atoms with E-state index in [0.717, 1.165) is 50.5 Å². The first kappa shape index (κ1) is 58.3. The van der Waals surface area contributed by atoms with Crippen LogP contribution in [0.25, 0.3) is 0 Å². The number of primary amides is 1. The molecular weight excluding hydrogens is 704 g/mol. The van der Waals surface area contributed by atoms with Gasteiger partial charge < -0.3 is 44.6 Å². The molecule has 4 amide bonds. The Labute approximate surface area is 334 Å². The van der Waals surface area contributed by atoms with Crippen molar-refractivity contribution in [2.75, 3.05) is 55.7 Å². The van der Waals surface area contributed by atoms with E-state index in [1.54, 1.807) is 47.5 Å². The summed E-state index contributed by atoms with van der Waals surface area (Å²) < 4.78 is 20.4. The van der Waals surface area contributed by atoms with Gasteiger partial charge in [0.1, 0.15) is 6.29 Å². The van der Waals surface area contributed by atoms with Crippen LogP contribution in [0.15, 0.2) is 30.3 Å². The highest BCUT2D eigenvalue weighted by molar-refractivity contribution is 5.80. The second-order valence-corrected chi connectivity index (χ2v) is 14.2. The van der Waals surface area contributed by atoms with Gasteiger partial charge in [-0.3, -0.25) is 19.2 Å². The van der Waals surface area contributed by atoms with Crippen molar-refractivity contribution >= 4 is 31.4 Å². The predicted octanol–water partition coefficient (Wildman–Crippen LogP) is 5.56. The largest absolute Gasteiger partial charge is 0.388 e. The molecule has 322 valence electrons. The number of nitrogens with one attached hydrogen (secondary N) is 1. The van der Waals surface area contributed by atoms with Crippen molar-refractivity contribution in [2.24, 2.45) is 23.5 Å². The number of aldehydes is 1. The average Bonchev–Trinajstić information content (AvgIpc) is 3.64. The first-order chi connectivity index (χ1) is 26.0. The third-order valence-corrected chi connectivity index (χ3v) is 8.91. The van der Waals surface area contributed by atoms with E-state index in [4.69, 9.17) is 19.0 Å². The minimum Gasteiger partial charge on any atom is -0.388 e. The van der Waals surface area contributed by atoms with E-state index < -0.39 is 0 Å². The normalized spacial score (nSPS) is 16.1. The van der Waals surface area contributed by atoms with Gasteiger partial charge in [0.15, 0.2) is 0 Å². The Balaban J connectivity index is -0.000000350. The smallest absolute Gasteiger partial charge is 0.242 e. The number of benzene rings is 1. The first-order valence-corrected chi connectivity index (χ1v) is 19.3. The lowest BCUT2D eigenvalue weighted by Crippen LogP contribution is -2.51. The van der Waals surface area contributed by atoms with Gasteiger partial charge in [0.2, 0.25) is 25.1 Å². The molecule has 1 fully saturated rings. The highest BCUT2D eigenvalue weighted by atomic mass is 16.5. The summed E-state index contributed by atoms with van der Waals surface area (Å²) >= 11 is 0. The van der Waals surface area contributed by atoms with Crippen LogP contribution in [0.3, 0.4) is 0 Å². The number of rotatable bonds is 17. The van der Waals surface area contributed by atoms with Gasteiger partial charge in [-0.25, -0.2) is 0 Å².